The Bertz CT molecular complexity index is 678. The summed E-state index contributed by atoms with van der Waals surface area (Å²) in [6.45, 7) is -0.0462. The third-order valence-electron chi connectivity index (χ3n) is 2.58. The van der Waals surface area contributed by atoms with Crippen LogP contribution in [0, 0.1) is 23.0 Å². The average molecular weight is 273 g/mol. The normalized spacial score (nSPS) is 9.85. The molecule has 0 bridgehead atoms. The van der Waals surface area contributed by atoms with Crippen LogP contribution in [0.4, 0.5) is 8.78 Å². The van der Waals surface area contributed by atoms with E-state index in [4.69, 9.17) is 5.26 Å². The van der Waals surface area contributed by atoms with Crippen molar-refractivity contribution >= 4 is 5.91 Å². The third-order valence-corrected chi connectivity index (χ3v) is 2.58. The smallest absolute Gasteiger partial charge is 0.270 e. The number of amides is 1. The summed E-state index contributed by atoms with van der Waals surface area (Å²) < 4.78 is 26.2. The van der Waals surface area contributed by atoms with E-state index >= 15 is 0 Å². The molecule has 20 heavy (non-hydrogen) atoms. The van der Waals surface area contributed by atoms with E-state index in [0.29, 0.717) is 0 Å². The zero-order valence-corrected chi connectivity index (χ0v) is 10.2. The first kappa shape index (κ1) is 13.6. The fourth-order valence-corrected chi connectivity index (χ4v) is 1.54. The number of hydrogen-bond acceptors (Lipinski definition) is 3. The van der Waals surface area contributed by atoms with Crippen LogP contribution >= 0.6 is 0 Å². The van der Waals surface area contributed by atoms with Crippen molar-refractivity contribution in [2.75, 3.05) is 0 Å². The van der Waals surface area contributed by atoms with Crippen LogP contribution in [0.2, 0.25) is 0 Å². The highest BCUT2D eigenvalue weighted by atomic mass is 19.1. The van der Waals surface area contributed by atoms with Gasteiger partial charge in [-0.25, -0.2) is 13.8 Å². The fraction of sp³-hybridized carbons (Fsp3) is 0.0714. The van der Waals surface area contributed by atoms with Gasteiger partial charge in [-0.05, 0) is 24.3 Å². The van der Waals surface area contributed by atoms with Crippen molar-refractivity contribution in [1.82, 2.24) is 10.3 Å². The molecule has 0 radical (unpaired) electrons. The minimum atomic E-state index is -0.573. The van der Waals surface area contributed by atoms with Crippen molar-refractivity contribution in [3.63, 3.8) is 0 Å². The molecule has 0 saturated heterocycles. The molecule has 2 rings (SSSR count). The zero-order chi connectivity index (χ0) is 14.5. The topological polar surface area (TPSA) is 65.8 Å². The predicted molar refractivity (Wildman–Crippen MR) is 66.5 cm³/mol. The molecule has 1 aromatic heterocycles. The van der Waals surface area contributed by atoms with E-state index in [-0.39, 0.29) is 23.4 Å². The summed E-state index contributed by atoms with van der Waals surface area (Å²) in [4.78, 5) is 15.3. The lowest BCUT2D eigenvalue weighted by atomic mass is 10.1. The monoisotopic (exact) mass is 273 g/mol. The highest BCUT2D eigenvalue weighted by molar-refractivity contribution is 5.92. The first-order valence-electron chi connectivity index (χ1n) is 5.68. The summed E-state index contributed by atoms with van der Waals surface area (Å²) in [6.07, 6.45) is 0.928. The van der Waals surface area contributed by atoms with Crippen molar-refractivity contribution in [1.29, 1.82) is 5.26 Å². The first-order valence-corrected chi connectivity index (χ1v) is 5.68. The minimum Gasteiger partial charge on any atom is -0.347 e. The van der Waals surface area contributed by atoms with Gasteiger partial charge < -0.3 is 5.32 Å². The summed E-state index contributed by atoms with van der Waals surface area (Å²) in [5, 5.41) is 11.1. The molecule has 0 spiro atoms. The minimum absolute atomic E-state index is 0.0421. The number of pyridine rings is 1. The molecule has 0 aliphatic heterocycles. The summed E-state index contributed by atoms with van der Waals surface area (Å²) in [5.41, 5.74) is 0.498. The van der Waals surface area contributed by atoms with Gasteiger partial charge in [0, 0.05) is 12.1 Å². The maximum atomic E-state index is 13.6. The number of benzene rings is 1. The lowest BCUT2D eigenvalue weighted by Gasteiger charge is -2.06. The lowest BCUT2D eigenvalue weighted by Crippen LogP contribution is -2.24. The van der Waals surface area contributed by atoms with Crippen molar-refractivity contribution in [3.8, 4) is 6.07 Å². The molecule has 0 atom stereocenters. The molecular formula is C14H9F2N3O. The standard InChI is InChI=1S/C14H9F2N3O/c15-11-3-4-13(18-8-11)14(20)19-7-10-2-1-9(6-17)5-12(10)16/h1-5,8H,7H2,(H,19,20). The Kier molecular flexibility index (Phi) is 4.01. The molecule has 100 valence electrons. The highest BCUT2D eigenvalue weighted by Crippen LogP contribution is 2.10. The van der Waals surface area contributed by atoms with Gasteiger partial charge in [0.2, 0.25) is 0 Å². The highest BCUT2D eigenvalue weighted by Gasteiger charge is 2.09. The van der Waals surface area contributed by atoms with Crippen LogP contribution in [-0.4, -0.2) is 10.9 Å². The van der Waals surface area contributed by atoms with E-state index in [1.165, 1.54) is 18.2 Å². The SMILES string of the molecule is N#Cc1ccc(CNC(=O)c2ccc(F)cn2)c(F)c1. The largest absolute Gasteiger partial charge is 0.347 e. The molecule has 1 heterocycles. The van der Waals surface area contributed by atoms with Crippen molar-refractivity contribution in [2.45, 2.75) is 6.54 Å². The first-order chi connectivity index (χ1) is 9.60. The second-order valence-electron chi connectivity index (χ2n) is 3.96. The summed E-state index contributed by atoms with van der Waals surface area (Å²) in [6, 6.07) is 8.15. The molecule has 6 heteroatoms. The molecule has 0 saturated carbocycles. The molecule has 1 N–H and O–H groups in total. The van der Waals surface area contributed by atoms with Crippen LogP contribution in [-0.2, 0) is 6.54 Å². The maximum Gasteiger partial charge on any atom is 0.270 e. The number of aromatic nitrogens is 1. The Hall–Kier alpha value is -2.81. The van der Waals surface area contributed by atoms with Gasteiger partial charge >= 0.3 is 0 Å². The van der Waals surface area contributed by atoms with E-state index in [2.05, 4.69) is 10.3 Å². The Labute approximate surface area is 113 Å². The number of hydrogen-bond donors (Lipinski definition) is 1. The average Bonchev–Trinajstić information content (AvgIpc) is 2.46. The number of nitrogens with zero attached hydrogens (tertiary/aromatic N) is 2. The van der Waals surface area contributed by atoms with Gasteiger partial charge in [-0.15, -0.1) is 0 Å². The molecule has 1 aromatic carbocycles. The molecule has 2 aromatic rings. The number of halogens is 2. The molecule has 0 fully saturated rings. The van der Waals surface area contributed by atoms with Crippen LogP contribution in [0.5, 0.6) is 0 Å². The van der Waals surface area contributed by atoms with E-state index in [1.54, 1.807) is 0 Å². The Balaban J connectivity index is 2.04. The number of nitrogens with one attached hydrogen (secondary N) is 1. The van der Waals surface area contributed by atoms with Crippen LogP contribution < -0.4 is 5.32 Å². The Morgan fingerprint density at radius 1 is 1.30 bits per heavy atom. The van der Waals surface area contributed by atoms with E-state index < -0.39 is 17.5 Å². The van der Waals surface area contributed by atoms with Gasteiger partial charge in [-0.2, -0.15) is 5.26 Å². The van der Waals surface area contributed by atoms with Gasteiger partial charge in [-0.1, -0.05) is 6.07 Å². The van der Waals surface area contributed by atoms with E-state index in [9.17, 15) is 13.6 Å². The number of carbonyl (C=O) groups is 1. The number of nitriles is 1. The van der Waals surface area contributed by atoms with Crippen molar-refractivity contribution in [3.05, 3.63) is 65.0 Å². The van der Waals surface area contributed by atoms with E-state index in [1.807, 2.05) is 6.07 Å². The van der Waals surface area contributed by atoms with Crippen molar-refractivity contribution < 1.29 is 13.6 Å². The third kappa shape index (κ3) is 3.14. The molecule has 1 amide bonds. The summed E-state index contributed by atoms with van der Waals surface area (Å²) in [5.74, 6) is -1.65. The Morgan fingerprint density at radius 3 is 2.70 bits per heavy atom. The molecule has 0 aliphatic carbocycles. The summed E-state index contributed by atoms with van der Waals surface area (Å²) >= 11 is 0. The quantitative estimate of drug-likeness (QED) is 0.931. The van der Waals surface area contributed by atoms with Crippen LogP contribution in [0.3, 0.4) is 0 Å². The Morgan fingerprint density at radius 2 is 2.10 bits per heavy atom. The second kappa shape index (κ2) is 5.89. The lowest BCUT2D eigenvalue weighted by molar-refractivity contribution is 0.0945. The van der Waals surface area contributed by atoms with Crippen LogP contribution in [0.15, 0.2) is 36.5 Å². The van der Waals surface area contributed by atoms with Gasteiger partial charge in [0.25, 0.3) is 5.91 Å². The predicted octanol–water partition coefficient (Wildman–Crippen LogP) is 2.16. The van der Waals surface area contributed by atoms with Crippen LogP contribution in [0.25, 0.3) is 0 Å². The van der Waals surface area contributed by atoms with Gasteiger partial charge in [-0.3, -0.25) is 4.79 Å². The van der Waals surface area contributed by atoms with Crippen molar-refractivity contribution in [2.24, 2.45) is 0 Å². The van der Waals surface area contributed by atoms with E-state index in [0.717, 1.165) is 18.3 Å². The molecular weight excluding hydrogens is 264 g/mol. The molecule has 0 unspecified atom stereocenters. The second-order valence-corrected chi connectivity index (χ2v) is 3.96. The molecule has 4 nitrogen and oxygen atoms in total. The maximum absolute atomic E-state index is 13.6. The van der Waals surface area contributed by atoms with Gasteiger partial charge in [0.1, 0.15) is 17.3 Å². The van der Waals surface area contributed by atoms with Gasteiger partial charge in [0.15, 0.2) is 0 Å². The molecule has 0 aliphatic rings. The number of carbonyl (C=O) groups excluding carboxylic acids is 1. The number of rotatable bonds is 3. The summed E-state index contributed by atoms with van der Waals surface area (Å²) in [7, 11) is 0. The fourth-order valence-electron chi connectivity index (χ4n) is 1.54. The zero-order valence-electron chi connectivity index (χ0n) is 10.2. The van der Waals surface area contributed by atoms with Gasteiger partial charge in [0.05, 0.1) is 17.8 Å². The van der Waals surface area contributed by atoms with Crippen LogP contribution in [0.1, 0.15) is 21.6 Å².